The molecule has 0 bridgehead atoms. The molecule has 1 aliphatic rings. The third kappa shape index (κ3) is 12.8. The molecular weight excluding hydrogens is 822 g/mol. The molecule has 62 heavy (non-hydrogen) atoms. The van der Waals surface area contributed by atoms with Crippen LogP contribution in [-0.4, -0.2) is 89.0 Å². The molecule has 324 valence electrons. The quantitative estimate of drug-likeness (QED) is 0.0219. The topological polar surface area (TPSA) is 195 Å². The summed E-state index contributed by atoms with van der Waals surface area (Å²) >= 11 is 0. The van der Waals surface area contributed by atoms with Gasteiger partial charge < -0.3 is 47.4 Å². The molecule has 0 heterocycles. The Kier molecular flexibility index (Phi) is 16.4. The van der Waals surface area contributed by atoms with Crippen LogP contribution < -0.4 is 18.9 Å². The lowest BCUT2D eigenvalue weighted by atomic mass is 9.99. The Balaban J connectivity index is 1.09. The molecule has 0 amide bonds. The molecule has 0 atom stereocenters. The van der Waals surface area contributed by atoms with Crippen LogP contribution in [0.25, 0.3) is 11.1 Å². The number of hydrogen-bond donors (Lipinski definition) is 0. The van der Waals surface area contributed by atoms with E-state index in [4.69, 9.17) is 47.4 Å². The zero-order valence-corrected chi connectivity index (χ0v) is 33.0. The number of carbonyl (C=O) groups excluding carboxylic acids is 6. The maximum Gasteiger partial charge on any atom is 0.513 e. The van der Waals surface area contributed by atoms with Crippen molar-refractivity contribution in [1.82, 2.24) is 0 Å². The third-order valence-corrected chi connectivity index (χ3v) is 8.59. The van der Waals surface area contributed by atoms with Gasteiger partial charge in [-0.15, -0.1) is 0 Å². The fourth-order valence-corrected chi connectivity index (χ4v) is 5.70. The van der Waals surface area contributed by atoms with E-state index in [0.717, 1.165) is 58.7 Å². The molecule has 4 aromatic carbocycles. The van der Waals surface area contributed by atoms with Crippen molar-refractivity contribution < 1.29 is 84.9 Å². The highest BCUT2D eigenvalue weighted by molar-refractivity contribution is 5.93. The van der Waals surface area contributed by atoms with Crippen molar-refractivity contribution in [1.29, 1.82) is 0 Å². The maximum atomic E-state index is 15.0. The smallest absolute Gasteiger partial charge is 0.460 e. The summed E-state index contributed by atoms with van der Waals surface area (Å²) in [5.74, 6) is -5.77. The fraction of sp³-hybridized carbons (Fsp3) is 0.227. The van der Waals surface area contributed by atoms with E-state index in [2.05, 4.69) is 13.2 Å². The van der Waals surface area contributed by atoms with Gasteiger partial charge in [0.2, 0.25) is 0 Å². The average molecular weight is 861 g/mol. The number of carbonyl (C=O) groups is 6. The molecular formula is C44H38F2O16. The monoisotopic (exact) mass is 860 g/mol. The summed E-state index contributed by atoms with van der Waals surface area (Å²) in [5, 5.41) is 0. The van der Waals surface area contributed by atoms with E-state index in [-0.39, 0.29) is 81.8 Å². The molecule has 1 aliphatic carbocycles. The van der Waals surface area contributed by atoms with Crippen LogP contribution >= 0.6 is 0 Å². The van der Waals surface area contributed by atoms with Crippen LogP contribution in [0.5, 0.6) is 23.0 Å². The minimum Gasteiger partial charge on any atom is -0.460 e. The molecule has 0 saturated carbocycles. The van der Waals surface area contributed by atoms with Crippen LogP contribution in [0.3, 0.4) is 0 Å². The molecule has 18 heteroatoms. The van der Waals surface area contributed by atoms with Gasteiger partial charge in [0.15, 0.2) is 0 Å². The minimum absolute atomic E-state index is 0.0147. The number of rotatable bonds is 20. The fourth-order valence-electron chi connectivity index (χ4n) is 5.70. The predicted molar refractivity (Wildman–Crippen MR) is 210 cm³/mol. The first-order valence-electron chi connectivity index (χ1n) is 18.6. The van der Waals surface area contributed by atoms with E-state index in [0.29, 0.717) is 0 Å². The molecule has 0 aliphatic heterocycles. The third-order valence-electron chi connectivity index (χ3n) is 8.59. The number of esters is 4. The van der Waals surface area contributed by atoms with Crippen LogP contribution in [-0.2, 0) is 38.0 Å². The molecule has 0 N–H and O–H groups in total. The van der Waals surface area contributed by atoms with Crippen LogP contribution in [0, 0.1) is 11.6 Å². The molecule has 0 aromatic heterocycles. The Morgan fingerprint density at radius 3 is 1.23 bits per heavy atom. The van der Waals surface area contributed by atoms with Crippen molar-refractivity contribution in [3.63, 3.8) is 0 Å². The first kappa shape index (κ1) is 45.6. The van der Waals surface area contributed by atoms with Gasteiger partial charge in [0.05, 0.1) is 37.6 Å². The van der Waals surface area contributed by atoms with E-state index in [1.807, 2.05) is 6.92 Å². The summed E-state index contributed by atoms with van der Waals surface area (Å²) in [6, 6.07) is 16.0. The van der Waals surface area contributed by atoms with Gasteiger partial charge in [-0.25, -0.2) is 37.5 Å². The number of fused-ring (bicyclic) bond motifs is 3. The number of halogens is 2. The van der Waals surface area contributed by atoms with Gasteiger partial charge in [-0.05, 0) is 70.8 Å². The van der Waals surface area contributed by atoms with Gasteiger partial charge in [-0.3, -0.25) is 0 Å². The molecule has 0 radical (unpaired) electrons. The lowest BCUT2D eigenvalue weighted by Crippen LogP contribution is -2.16. The summed E-state index contributed by atoms with van der Waals surface area (Å²) in [6.07, 6.45) is -0.268. The summed E-state index contributed by atoms with van der Waals surface area (Å²) in [7, 11) is 0. The Hall–Kier alpha value is -7.44. The normalized spacial score (nSPS) is 11.3. The molecule has 0 unspecified atom stereocenters. The van der Waals surface area contributed by atoms with E-state index in [9.17, 15) is 37.5 Å². The SMILES string of the molecule is C=CC(=O)OCCOCCOC(=O)Oc1ccc(C(=O)Oc2ccc3c(c2)C(C)c2cc(OC(=O)c4ccc(OC(=O)OCCOCCOC(=O)C=C)cc4F)ccc2-3)c(F)c1. The largest absolute Gasteiger partial charge is 0.513 e. The van der Waals surface area contributed by atoms with E-state index in [1.54, 1.807) is 24.3 Å². The van der Waals surface area contributed by atoms with Gasteiger partial charge in [0.25, 0.3) is 0 Å². The predicted octanol–water partition coefficient (Wildman–Crippen LogP) is 7.06. The van der Waals surface area contributed by atoms with Gasteiger partial charge in [0, 0.05) is 30.2 Å². The lowest BCUT2D eigenvalue weighted by molar-refractivity contribution is -0.140. The highest BCUT2D eigenvalue weighted by Crippen LogP contribution is 2.47. The molecule has 0 spiro atoms. The molecule has 0 fully saturated rings. The summed E-state index contributed by atoms with van der Waals surface area (Å²) in [5.41, 5.74) is 2.28. The molecule has 0 saturated heterocycles. The molecule has 4 aromatic rings. The standard InChI is InChI=1S/C44H38F2O16/c1-4-39(47)55-18-14-53-16-20-57-43(51)61-29-8-12-33(37(45)24-29)41(49)59-27-6-10-31-32-11-7-28(23-36(32)26(3)35(31)22-27)60-42(50)34-13-9-30(25-38(34)46)62-44(52)58-21-17-54-15-19-56-40(48)5-2/h4-13,22-26H,1-2,14-21H2,3H3. The second-order valence-electron chi connectivity index (χ2n) is 12.7. The minimum atomic E-state index is -1.14. The summed E-state index contributed by atoms with van der Waals surface area (Å²) < 4.78 is 80.2. The van der Waals surface area contributed by atoms with E-state index in [1.165, 1.54) is 24.3 Å². The van der Waals surface area contributed by atoms with Crippen molar-refractivity contribution in [3.05, 3.63) is 132 Å². The van der Waals surface area contributed by atoms with E-state index < -0.39 is 58.9 Å². The lowest BCUT2D eigenvalue weighted by Gasteiger charge is -2.11. The highest BCUT2D eigenvalue weighted by Gasteiger charge is 2.28. The average Bonchev–Trinajstić information content (AvgIpc) is 3.52. The maximum absolute atomic E-state index is 15.0. The summed E-state index contributed by atoms with van der Waals surface area (Å²) in [6.45, 7) is 8.06. The number of ether oxygens (including phenoxy) is 10. The van der Waals surface area contributed by atoms with Crippen molar-refractivity contribution in [2.24, 2.45) is 0 Å². The second kappa shape index (κ2) is 22.2. The van der Waals surface area contributed by atoms with Crippen LogP contribution in [0.2, 0.25) is 0 Å². The number of hydrogen-bond acceptors (Lipinski definition) is 16. The van der Waals surface area contributed by atoms with Crippen LogP contribution in [0.15, 0.2) is 98.1 Å². The van der Waals surface area contributed by atoms with Crippen LogP contribution in [0.1, 0.15) is 44.7 Å². The van der Waals surface area contributed by atoms with Gasteiger partial charge >= 0.3 is 36.2 Å². The van der Waals surface area contributed by atoms with Crippen LogP contribution in [0.4, 0.5) is 18.4 Å². The molecule has 16 nitrogen and oxygen atoms in total. The highest BCUT2D eigenvalue weighted by atomic mass is 19.1. The zero-order chi connectivity index (χ0) is 44.6. The summed E-state index contributed by atoms with van der Waals surface area (Å²) in [4.78, 5) is 71.8. The Labute approximate surface area is 352 Å². The first-order valence-corrected chi connectivity index (χ1v) is 18.6. The van der Waals surface area contributed by atoms with Gasteiger partial charge in [-0.2, -0.15) is 0 Å². The zero-order valence-electron chi connectivity index (χ0n) is 33.0. The number of benzene rings is 4. The Bertz CT molecular complexity index is 2180. The Morgan fingerprint density at radius 2 is 0.855 bits per heavy atom. The van der Waals surface area contributed by atoms with Crippen molar-refractivity contribution in [3.8, 4) is 34.1 Å². The second-order valence-corrected chi connectivity index (χ2v) is 12.7. The van der Waals surface area contributed by atoms with Gasteiger partial charge in [0.1, 0.15) is 61.1 Å². The van der Waals surface area contributed by atoms with Crippen molar-refractivity contribution >= 4 is 36.2 Å². The Morgan fingerprint density at radius 1 is 0.500 bits per heavy atom. The van der Waals surface area contributed by atoms with Crippen molar-refractivity contribution in [2.75, 3.05) is 52.9 Å². The first-order chi connectivity index (χ1) is 29.9. The van der Waals surface area contributed by atoms with E-state index >= 15 is 0 Å². The van der Waals surface area contributed by atoms with Crippen molar-refractivity contribution in [2.45, 2.75) is 12.8 Å². The van der Waals surface area contributed by atoms with Gasteiger partial charge in [-0.1, -0.05) is 32.2 Å². The molecule has 5 rings (SSSR count).